The first-order valence-corrected chi connectivity index (χ1v) is 9.08. The fourth-order valence-electron chi connectivity index (χ4n) is 3.63. The Labute approximate surface area is 131 Å². The van der Waals surface area contributed by atoms with Crippen molar-refractivity contribution in [3.8, 4) is 0 Å². The number of nitrogens with two attached hydrogens (primary N) is 1. The van der Waals surface area contributed by atoms with Crippen LogP contribution in [0, 0.1) is 11.3 Å². The van der Waals surface area contributed by atoms with Crippen LogP contribution in [0.15, 0.2) is 0 Å². The number of amides is 1. The van der Waals surface area contributed by atoms with Crippen LogP contribution in [0.2, 0.25) is 0 Å². The van der Waals surface area contributed by atoms with Crippen molar-refractivity contribution in [3.05, 3.63) is 0 Å². The Hall–Kier alpha value is -0.570. The molecule has 3 N–H and O–H groups in total. The van der Waals surface area contributed by atoms with E-state index in [0.717, 1.165) is 32.4 Å². The molecule has 3 nitrogen and oxygen atoms in total. The molecule has 1 rings (SSSR count). The highest BCUT2D eigenvalue weighted by Crippen LogP contribution is 2.43. The summed E-state index contributed by atoms with van der Waals surface area (Å²) in [6, 6.07) is 0. The van der Waals surface area contributed by atoms with Crippen molar-refractivity contribution in [2.75, 3.05) is 13.1 Å². The van der Waals surface area contributed by atoms with E-state index in [0.29, 0.717) is 17.8 Å². The van der Waals surface area contributed by atoms with E-state index in [4.69, 9.17) is 5.73 Å². The highest BCUT2D eigenvalue weighted by molar-refractivity contribution is 5.76. The Kier molecular flexibility index (Phi) is 8.98. The fraction of sp³-hybridized carbons (Fsp3) is 0.944. The van der Waals surface area contributed by atoms with Gasteiger partial charge in [0.15, 0.2) is 0 Å². The Morgan fingerprint density at radius 1 is 1.19 bits per heavy atom. The summed E-state index contributed by atoms with van der Waals surface area (Å²) in [5.41, 5.74) is 6.23. The van der Waals surface area contributed by atoms with E-state index in [9.17, 15) is 4.79 Å². The predicted molar refractivity (Wildman–Crippen MR) is 90.1 cm³/mol. The molecular formula is C18H36N2O. The minimum Gasteiger partial charge on any atom is -0.356 e. The number of hydrogen-bond acceptors (Lipinski definition) is 2. The van der Waals surface area contributed by atoms with Gasteiger partial charge in [0.25, 0.3) is 0 Å². The van der Waals surface area contributed by atoms with E-state index >= 15 is 0 Å². The van der Waals surface area contributed by atoms with Crippen molar-refractivity contribution in [2.45, 2.75) is 84.5 Å². The zero-order valence-corrected chi connectivity index (χ0v) is 14.3. The lowest BCUT2D eigenvalue weighted by molar-refractivity contribution is -0.121. The molecule has 1 atom stereocenters. The van der Waals surface area contributed by atoms with Crippen LogP contribution in [0.4, 0.5) is 0 Å². The van der Waals surface area contributed by atoms with E-state index in [1.165, 1.54) is 44.9 Å². The lowest BCUT2D eigenvalue weighted by atomic mass is 9.68. The van der Waals surface area contributed by atoms with Crippen LogP contribution >= 0.6 is 0 Å². The molecule has 0 aromatic rings. The smallest absolute Gasteiger partial charge is 0.220 e. The molecule has 0 aromatic heterocycles. The first-order chi connectivity index (χ1) is 10.1. The Morgan fingerprint density at radius 3 is 2.48 bits per heavy atom. The largest absolute Gasteiger partial charge is 0.356 e. The number of nitrogens with one attached hydrogen (secondary N) is 1. The molecule has 1 amide bonds. The van der Waals surface area contributed by atoms with E-state index in [-0.39, 0.29) is 5.91 Å². The summed E-state index contributed by atoms with van der Waals surface area (Å²) in [6.45, 7) is 5.94. The van der Waals surface area contributed by atoms with E-state index in [2.05, 4.69) is 19.2 Å². The van der Waals surface area contributed by atoms with Gasteiger partial charge in [-0.3, -0.25) is 4.79 Å². The summed E-state index contributed by atoms with van der Waals surface area (Å²) in [7, 11) is 0. The first-order valence-electron chi connectivity index (χ1n) is 9.08. The average molecular weight is 296 g/mol. The molecule has 1 unspecified atom stereocenters. The Balaban J connectivity index is 2.25. The Morgan fingerprint density at radius 2 is 1.86 bits per heavy atom. The molecule has 0 bridgehead atoms. The van der Waals surface area contributed by atoms with E-state index in [1.807, 2.05) is 0 Å². The summed E-state index contributed by atoms with van der Waals surface area (Å²) >= 11 is 0. The monoisotopic (exact) mass is 296 g/mol. The molecule has 0 heterocycles. The van der Waals surface area contributed by atoms with Crippen LogP contribution in [0.25, 0.3) is 0 Å². The van der Waals surface area contributed by atoms with Crippen LogP contribution in [-0.4, -0.2) is 19.0 Å². The minimum atomic E-state index is 0.226. The average Bonchev–Trinajstić information content (AvgIpc) is 2.50. The number of hydrogen-bond donors (Lipinski definition) is 2. The van der Waals surface area contributed by atoms with Crippen LogP contribution in [0.5, 0.6) is 0 Å². The second kappa shape index (κ2) is 10.2. The maximum absolute atomic E-state index is 11.8. The second-order valence-electron chi connectivity index (χ2n) is 7.12. The molecule has 0 aliphatic heterocycles. The SMILES string of the molecule is CCC(C)CC(=O)NCCCC1(CCCN)CCCCC1. The molecular weight excluding hydrogens is 260 g/mol. The van der Waals surface area contributed by atoms with Gasteiger partial charge in [-0.2, -0.15) is 0 Å². The molecule has 1 aliphatic rings. The quantitative estimate of drug-likeness (QED) is 0.598. The fourth-order valence-corrected chi connectivity index (χ4v) is 3.63. The van der Waals surface area contributed by atoms with Gasteiger partial charge in [0.2, 0.25) is 5.91 Å². The van der Waals surface area contributed by atoms with Crippen molar-refractivity contribution in [1.29, 1.82) is 0 Å². The molecule has 21 heavy (non-hydrogen) atoms. The van der Waals surface area contributed by atoms with Crippen LogP contribution in [-0.2, 0) is 4.79 Å². The lowest BCUT2D eigenvalue weighted by Gasteiger charge is -2.38. The van der Waals surface area contributed by atoms with Crippen LogP contribution in [0.1, 0.15) is 84.5 Å². The maximum Gasteiger partial charge on any atom is 0.220 e. The van der Waals surface area contributed by atoms with Gasteiger partial charge in [0.05, 0.1) is 0 Å². The third-order valence-electron chi connectivity index (χ3n) is 5.26. The van der Waals surface area contributed by atoms with Gasteiger partial charge in [0, 0.05) is 13.0 Å². The lowest BCUT2D eigenvalue weighted by Crippen LogP contribution is -2.29. The molecule has 0 aromatic carbocycles. The standard InChI is InChI=1S/C18H36N2O/c1-3-16(2)15-17(21)20-14-8-12-18(11-7-13-19)9-5-4-6-10-18/h16H,3-15,19H2,1-2H3,(H,20,21). The van der Waals surface area contributed by atoms with Crippen molar-refractivity contribution in [2.24, 2.45) is 17.1 Å². The van der Waals surface area contributed by atoms with Gasteiger partial charge in [-0.1, -0.05) is 39.5 Å². The Bertz CT molecular complexity index is 285. The normalized spacial score (nSPS) is 19.2. The van der Waals surface area contributed by atoms with Gasteiger partial charge >= 0.3 is 0 Å². The highest BCUT2D eigenvalue weighted by atomic mass is 16.1. The molecule has 3 heteroatoms. The molecule has 1 fully saturated rings. The summed E-state index contributed by atoms with van der Waals surface area (Å²) in [5, 5.41) is 3.10. The van der Waals surface area contributed by atoms with Crippen molar-refractivity contribution in [1.82, 2.24) is 5.32 Å². The van der Waals surface area contributed by atoms with Crippen LogP contribution in [0.3, 0.4) is 0 Å². The number of rotatable bonds is 10. The van der Waals surface area contributed by atoms with Gasteiger partial charge in [-0.05, 0) is 56.4 Å². The van der Waals surface area contributed by atoms with Crippen molar-refractivity contribution >= 4 is 5.91 Å². The van der Waals surface area contributed by atoms with Gasteiger partial charge in [-0.25, -0.2) is 0 Å². The maximum atomic E-state index is 11.8. The summed E-state index contributed by atoms with van der Waals surface area (Å²) < 4.78 is 0. The third kappa shape index (κ3) is 7.30. The van der Waals surface area contributed by atoms with Crippen molar-refractivity contribution in [3.63, 3.8) is 0 Å². The highest BCUT2D eigenvalue weighted by Gasteiger charge is 2.30. The second-order valence-corrected chi connectivity index (χ2v) is 7.12. The zero-order chi connectivity index (χ0) is 15.6. The third-order valence-corrected chi connectivity index (χ3v) is 5.26. The summed E-state index contributed by atoms with van der Waals surface area (Å²) in [6.07, 6.45) is 13.5. The topological polar surface area (TPSA) is 55.1 Å². The molecule has 0 saturated heterocycles. The van der Waals surface area contributed by atoms with Gasteiger partial charge < -0.3 is 11.1 Å². The number of carbonyl (C=O) groups excluding carboxylic acids is 1. The zero-order valence-electron chi connectivity index (χ0n) is 14.3. The van der Waals surface area contributed by atoms with Crippen LogP contribution < -0.4 is 11.1 Å². The van der Waals surface area contributed by atoms with Gasteiger partial charge in [0.1, 0.15) is 0 Å². The predicted octanol–water partition coefficient (Wildman–Crippen LogP) is 4.01. The molecule has 124 valence electrons. The van der Waals surface area contributed by atoms with Gasteiger partial charge in [-0.15, -0.1) is 0 Å². The first kappa shape index (κ1) is 18.5. The number of carbonyl (C=O) groups is 1. The molecule has 1 saturated carbocycles. The minimum absolute atomic E-state index is 0.226. The van der Waals surface area contributed by atoms with Crippen molar-refractivity contribution < 1.29 is 4.79 Å². The molecule has 1 aliphatic carbocycles. The molecule has 0 radical (unpaired) electrons. The summed E-state index contributed by atoms with van der Waals surface area (Å²) in [5.74, 6) is 0.725. The molecule has 0 spiro atoms. The van der Waals surface area contributed by atoms with E-state index < -0.39 is 0 Å². The summed E-state index contributed by atoms with van der Waals surface area (Å²) in [4.78, 5) is 11.8. The van der Waals surface area contributed by atoms with E-state index in [1.54, 1.807) is 0 Å².